The first-order chi connectivity index (χ1) is 9.28. The molecule has 0 aliphatic rings. The summed E-state index contributed by atoms with van der Waals surface area (Å²) in [6, 6.07) is 8.58. The largest absolute Gasteiger partial charge is 0.309 e. The molecule has 1 aromatic carbocycles. The number of nitrogens with one attached hydrogen (secondary N) is 1. The molecule has 0 bridgehead atoms. The van der Waals surface area contributed by atoms with Gasteiger partial charge in [0.15, 0.2) is 5.16 Å². The number of hydrogen-bond acceptors (Lipinski definition) is 4. The van der Waals surface area contributed by atoms with Gasteiger partial charge in [0.1, 0.15) is 0 Å². The van der Waals surface area contributed by atoms with Gasteiger partial charge in [-0.05, 0) is 18.2 Å². The van der Waals surface area contributed by atoms with Crippen molar-refractivity contribution in [2.45, 2.75) is 32.1 Å². The maximum atomic E-state index is 4.32. The van der Waals surface area contributed by atoms with Crippen molar-refractivity contribution in [3.05, 3.63) is 53.3 Å². The van der Waals surface area contributed by atoms with Gasteiger partial charge in [-0.2, -0.15) is 0 Å². The molecule has 3 nitrogen and oxygen atoms in total. The van der Waals surface area contributed by atoms with E-state index in [9.17, 15) is 0 Å². The van der Waals surface area contributed by atoms with E-state index in [2.05, 4.69) is 53.4 Å². The predicted molar refractivity (Wildman–Crippen MR) is 80.2 cm³/mol. The van der Waals surface area contributed by atoms with E-state index in [0.29, 0.717) is 0 Å². The van der Waals surface area contributed by atoms with Crippen LogP contribution in [0, 0.1) is 6.92 Å². The molecule has 0 saturated carbocycles. The molecule has 0 aliphatic carbocycles. The molecule has 2 rings (SSSR count). The van der Waals surface area contributed by atoms with Crippen LogP contribution in [-0.4, -0.2) is 15.7 Å². The van der Waals surface area contributed by atoms with Crippen LogP contribution in [0.25, 0.3) is 0 Å². The van der Waals surface area contributed by atoms with Crippen molar-refractivity contribution in [3.8, 4) is 0 Å². The number of rotatable bonds is 6. The zero-order valence-electron chi connectivity index (χ0n) is 11.4. The van der Waals surface area contributed by atoms with E-state index in [-0.39, 0.29) is 0 Å². The molecule has 0 aliphatic heterocycles. The summed E-state index contributed by atoms with van der Waals surface area (Å²) in [5.74, 6) is 1.00. The van der Waals surface area contributed by atoms with Crippen LogP contribution in [-0.2, 0) is 13.1 Å². The Bertz CT molecular complexity index is 494. The number of thioether (sulfide) groups is 1. The topological polar surface area (TPSA) is 37.8 Å². The van der Waals surface area contributed by atoms with E-state index < -0.39 is 0 Å². The highest BCUT2D eigenvalue weighted by Crippen LogP contribution is 2.10. The fourth-order valence-electron chi connectivity index (χ4n) is 1.69. The quantitative estimate of drug-likeness (QED) is 0.648. The third-order valence-corrected chi connectivity index (χ3v) is 3.49. The van der Waals surface area contributed by atoms with Gasteiger partial charge in [-0.3, -0.25) is 0 Å². The summed E-state index contributed by atoms with van der Waals surface area (Å²) >= 11 is 1.66. The smallest absolute Gasteiger partial charge is 0.187 e. The Morgan fingerprint density at radius 1 is 1.00 bits per heavy atom. The van der Waals surface area contributed by atoms with E-state index in [1.165, 1.54) is 11.1 Å². The van der Waals surface area contributed by atoms with Gasteiger partial charge in [0.2, 0.25) is 0 Å². The van der Waals surface area contributed by atoms with Gasteiger partial charge < -0.3 is 5.32 Å². The lowest BCUT2D eigenvalue weighted by Gasteiger charge is -2.05. The molecule has 100 valence electrons. The van der Waals surface area contributed by atoms with E-state index in [1.54, 1.807) is 11.8 Å². The Kier molecular flexibility index (Phi) is 5.36. The van der Waals surface area contributed by atoms with Crippen molar-refractivity contribution in [3.63, 3.8) is 0 Å². The van der Waals surface area contributed by atoms with E-state index in [1.807, 2.05) is 12.4 Å². The minimum atomic E-state index is 0.797. The average Bonchev–Trinajstić information content (AvgIpc) is 2.43. The van der Waals surface area contributed by atoms with Gasteiger partial charge in [0, 0.05) is 31.0 Å². The lowest BCUT2D eigenvalue weighted by molar-refractivity contribution is 0.685. The number of hydrogen-bond donors (Lipinski definition) is 1. The molecule has 2 aromatic rings. The summed E-state index contributed by atoms with van der Waals surface area (Å²) in [5, 5.41) is 4.25. The molecule has 0 unspecified atom stereocenters. The van der Waals surface area contributed by atoms with Crippen LogP contribution in [0.15, 0.2) is 41.8 Å². The van der Waals surface area contributed by atoms with E-state index in [0.717, 1.165) is 29.6 Å². The monoisotopic (exact) mass is 273 g/mol. The Balaban J connectivity index is 1.80. The molecule has 1 aromatic heterocycles. The summed E-state index contributed by atoms with van der Waals surface area (Å²) in [5.41, 5.74) is 3.71. The summed E-state index contributed by atoms with van der Waals surface area (Å²) in [6.45, 7) is 5.87. The Hall–Kier alpha value is -1.39. The van der Waals surface area contributed by atoms with Crippen LogP contribution in [0.4, 0.5) is 0 Å². The molecule has 0 amide bonds. The molecule has 19 heavy (non-hydrogen) atoms. The second kappa shape index (κ2) is 7.26. The van der Waals surface area contributed by atoms with E-state index in [4.69, 9.17) is 0 Å². The molecule has 0 spiro atoms. The highest BCUT2D eigenvalue weighted by Gasteiger charge is 1.98. The van der Waals surface area contributed by atoms with Gasteiger partial charge >= 0.3 is 0 Å². The van der Waals surface area contributed by atoms with Crippen molar-refractivity contribution < 1.29 is 0 Å². The number of aryl methyl sites for hydroxylation is 1. The maximum Gasteiger partial charge on any atom is 0.187 e. The van der Waals surface area contributed by atoms with Crippen LogP contribution in [0.1, 0.15) is 23.6 Å². The standard InChI is InChI=1S/C15H19N3S/c1-3-19-15-17-10-14(11-18-15)9-16-8-13-6-4-12(2)5-7-13/h4-7,10-11,16H,3,8-9H2,1-2H3. The normalized spacial score (nSPS) is 10.6. The number of aromatic nitrogens is 2. The highest BCUT2D eigenvalue weighted by atomic mass is 32.2. The minimum absolute atomic E-state index is 0.797. The second-order valence-electron chi connectivity index (χ2n) is 4.40. The maximum absolute atomic E-state index is 4.32. The Morgan fingerprint density at radius 3 is 2.26 bits per heavy atom. The van der Waals surface area contributed by atoms with Gasteiger partial charge in [-0.1, -0.05) is 48.5 Å². The van der Waals surface area contributed by atoms with Gasteiger partial charge in [0.25, 0.3) is 0 Å². The fraction of sp³-hybridized carbons (Fsp3) is 0.333. The third-order valence-electron chi connectivity index (χ3n) is 2.73. The van der Waals surface area contributed by atoms with Crippen LogP contribution in [0.5, 0.6) is 0 Å². The first-order valence-corrected chi connectivity index (χ1v) is 7.46. The molecule has 1 N–H and O–H groups in total. The summed E-state index contributed by atoms with van der Waals surface area (Å²) in [4.78, 5) is 8.64. The van der Waals surface area contributed by atoms with Gasteiger partial charge in [-0.15, -0.1) is 0 Å². The molecule has 4 heteroatoms. The van der Waals surface area contributed by atoms with Crippen molar-refractivity contribution in [1.29, 1.82) is 0 Å². The molecule has 0 radical (unpaired) electrons. The molecule has 1 heterocycles. The van der Waals surface area contributed by atoms with Crippen molar-refractivity contribution in [2.24, 2.45) is 0 Å². The first kappa shape index (κ1) is 14.0. The van der Waals surface area contributed by atoms with Crippen molar-refractivity contribution >= 4 is 11.8 Å². The van der Waals surface area contributed by atoms with Gasteiger partial charge in [0.05, 0.1) is 0 Å². The zero-order valence-corrected chi connectivity index (χ0v) is 12.2. The molecular weight excluding hydrogens is 254 g/mol. The third kappa shape index (κ3) is 4.65. The Morgan fingerprint density at radius 2 is 1.63 bits per heavy atom. The minimum Gasteiger partial charge on any atom is -0.309 e. The summed E-state index contributed by atoms with van der Waals surface area (Å²) in [6.07, 6.45) is 3.79. The molecule has 0 atom stereocenters. The predicted octanol–water partition coefficient (Wildman–Crippen LogP) is 3.19. The number of benzene rings is 1. The second-order valence-corrected chi connectivity index (χ2v) is 5.63. The lowest BCUT2D eigenvalue weighted by atomic mass is 10.1. The van der Waals surface area contributed by atoms with Crippen LogP contribution in [0.3, 0.4) is 0 Å². The highest BCUT2D eigenvalue weighted by molar-refractivity contribution is 7.99. The lowest BCUT2D eigenvalue weighted by Crippen LogP contribution is -2.13. The van der Waals surface area contributed by atoms with Crippen LogP contribution >= 0.6 is 11.8 Å². The van der Waals surface area contributed by atoms with Gasteiger partial charge in [-0.25, -0.2) is 9.97 Å². The fourth-order valence-corrected chi connectivity index (χ4v) is 2.21. The molecular formula is C15H19N3S. The van der Waals surface area contributed by atoms with Crippen molar-refractivity contribution in [1.82, 2.24) is 15.3 Å². The SMILES string of the molecule is CCSc1ncc(CNCc2ccc(C)cc2)cn1. The summed E-state index contributed by atoms with van der Waals surface area (Å²) < 4.78 is 0. The van der Waals surface area contributed by atoms with Crippen LogP contribution < -0.4 is 5.32 Å². The molecule has 0 saturated heterocycles. The van der Waals surface area contributed by atoms with Crippen molar-refractivity contribution in [2.75, 3.05) is 5.75 Å². The Labute approximate surface area is 118 Å². The first-order valence-electron chi connectivity index (χ1n) is 6.48. The number of nitrogens with zero attached hydrogens (tertiary/aromatic N) is 2. The zero-order chi connectivity index (χ0) is 13.5. The summed E-state index contributed by atoms with van der Waals surface area (Å²) in [7, 11) is 0. The van der Waals surface area contributed by atoms with Crippen LogP contribution in [0.2, 0.25) is 0 Å². The molecule has 0 fully saturated rings. The average molecular weight is 273 g/mol. The van der Waals surface area contributed by atoms with E-state index >= 15 is 0 Å².